The number of aromatic nitrogens is 4. The predicted octanol–water partition coefficient (Wildman–Crippen LogP) is 0.567. The van der Waals surface area contributed by atoms with E-state index in [4.69, 9.17) is 5.73 Å². The Bertz CT molecular complexity index is 399. The van der Waals surface area contributed by atoms with E-state index in [2.05, 4.69) is 27.3 Å². The van der Waals surface area contributed by atoms with E-state index in [0.29, 0.717) is 18.0 Å². The lowest BCUT2D eigenvalue weighted by Gasteiger charge is -2.39. The quantitative estimate of drug-likeness (QED) is 0.845. The zero-order valence-electron chi connectivity index (χ0n) is 11.0. The van der Waals surface area contributed by atoms with Gasteiger partial charge in [0, 0.05) is 12.6 Å². The van der Waals surface area contributed by atoms with Gasteiger partial charge in [-0.15, -0.1) is 5.10 Å². The van der Waals surface area contributed by atoms with Gasteiger partial charge in [0.05, 0.1) is 12.6 Å². The molecule has 6 heteroatoms. The van der Waals surface area contributed by atoms with E-state index < -0.39 is 0 Å². The molecule has 0 aromatic carbocycles. The predicted molar refractivity (Wildman–Crippen MR) is 67.7 cm³/mol. The highest BCUT2D eigenvalue weighted by Gasteiger charge is 2.31. The van der Waals surface area contributed by atoms with E-state index in [1.807, 2.05) is 4.68 Å². The molecule has 1 saturated carbocycles. The first-order valence-electron chi connectivity index (χ1n) is 7.00. The van der Waals surface area contributed by atoms with E-state index in [1.165, 1.54) is 25.7 Å². The Balaban J connectivity index is 1.72. The zero-order valence-corrected chi connectivity index (χ0v) is 11.0. The monoisotopic (exact) mass is 250 g/mol. The van der Waals surface area contributed by atoms with Gasteiger partial charge in [0.25, 0.3) is 0 Å². The van der Waals surface area contributed by atoms with Gasteiger partial charge in [0.2, 0.25) is 0 Å². The van der Waals surface area contributed by atoms with Crippen molar-refractivity contribution in [1.82, 2.24) is 25.1 Å². The molecule has 2 N–H and O–H groups in total. The molecule has 2 aliphatic rings. The Morgan fingerprint density at radius 2 is 2.17 bits per heavy atom. The normalized spacial score (nSPS) is 29.7. The third-order valence-electron chi connectivity index (χ3n) is 4.27. The molecule has 100 valence electrons. The summed E-state index contributed by atoms with van der Waals surface area (Å²) < 4.78 is 2.01. The van der Waals surface area contributed by atoms with Crippen molar-refractivity contribution in [1.29, 1.82) is 0 Å². The van der Waals surface area contributed by atoms with Crippen LogP contribution in [0.3, 0.4) is 0 Å². The van der Waals surface area contributed by atoms with E-state index >= 15 is 0 Å². The van der Waals surface area contributed by atoms with Crippen LogP contribution < -0.4 is 5.73 Å². The summed E-state index contributed by atoms with van der Waals surface area (Å²) in [6.07, 6.45) is 4.97. The molecule has 18 heavy (non-hydrogen) atoms. The Morgan fingerprint density at radius 1 is 1.33 bits per heavy atom. The molecule has 0 spiro atoms. The van der Waals surface area contributed by atoms with Gasteiger partial charge in [-0.05, 0) is 48.6 Å². The molecular weight excluding hydrogens is 228 g/mol. The van der Waals surface area contributed by atoms with Crippen molar-refractivity contribution in [2.45, 2.75) is 51.2 Å². The Morgan fingerprint density at radius 3 is 2.89 bits per heavy atom. The van der Waals surface area contributed by atoms with Crippen molar-refractivity contribution in [3.8, 4) is 0 Å². The van der Waals surface area contributed by atoms with Crippen LogP contribution in [0.15, 0.2) is 0 Å². The first-order valence-corrected chi connectivity index (χ1v) is 7.00. The summed E-state index contributed by atoms with van der Waals surface area (Å²) in [6.45, 7) is 4.99. The summed E-state index contributed by atoms with van der Waals surface area (Å²) in [5.41, 5.74) is 5.92. The van der Waals surface area contributed by atoms with Gasteiger partial charge in [0.1, 0.15) is 0 Å². The van der Waals surface area contributed by atoms with Crippen molar-refractivity contribution in [2.24, 2.45) is 11.7 Å². The van der Waals surface area contributed by atoms with E-state index in [-0.39, 0.29) is 0 Å². The molecule has 1 aromatic heterocycles. The van der Waals surface area contributed by atoms with Gasteiger partial charge < -0.3 is 5.73 Å². The van der Waals surface area contributed by atoms with E-state index in [1.54, 1.807) is 0 Å². The number of rotatable bonds is 4. The van der Waals surface area contributed by atoms with Crippen molar-refractivity contribution in [3.05, 3.63) is 5.82 Å². The number of likely N-dealkylation sites (tertiary alicyclic amines) is 1. The molecule has 1 aliphatic heterocycles. The zero-order chi connectivity index (χ0) is 12.5. The number of nitrogens with zero attached hydrogens (tertiary/aromatic N) is 5. The third kappa shape index (κ3) is 2.27. The molecular formula is C12H22N6. The summed E-state index contributed by atoms with van der Waals surface area (Å²) in [7, 11) is 0. The van der Waals surface area contributed by atoms with Crippen LogP contribution in [0.4, 0.5) is 0 Å². The SMILES string of the molecule is CC1CCCN(Cc2nnnn2C2CC2)C1CN. The highest BCUT2D eigenvalue weighted by molar-refractivity contribution is 4.93. The highest BCUT2D eigenvalue weighted by Crippen LogP contribution is 2.35. The number of hydrogen-bond donors (Lipinski definition) is 1. The lowest BCUT2D eigenvalue weighted by atomic mass is 9.91. The van der Waals surface area contributed by atoms with Crippen LogP contribution in [0.2, 0.25) is 0 Å². The first kappa shape index (κ1) is 12.0. The maximum absolute atomic E-state index is 5.92. The van der Waals surface area contributed by atoms with Gasteiger partial charge in [-0.3, -0.25) is 4.90 Å². The average molecular weight is 250 g/mol. The largest absolute Gasteiger partial charge is 0.329 e. The van der Waals surface area contributed by atoms with Gasteiger partial charge in [-0.1, -0.05) is 6.92 Å². The molecule has 1 saturated heterocycles. The van der Waals surface area contributed by atoms with Crippen molar-refractivity contribution < 1.29 is 0 Å². The fourth-order valence-electron chi connectivity index (χ4n) is 3.01. The molecule has 0 amide bonds. The van der Waals surface area contributed by atoms with Crippen molar-refractivity contribution in [3.63, 3.8) is 0 Å². The Hall–Kier alpha value is -1.01. The van der Waals surface area contributed by atoms with Crippen LogP contribution in [0.5, 0.6) is 0 Å². The molecule has 3 rings (SSSR count). The van der Waals surface area contributed by atoms with Gasteiger partial charge in [0.15, 0.2) is 5.82 Å². The third-order valence-corrected chi connectivity index (χ3v) is 4.27. The number of tetrazole rings is 1. The molecule has 2 atom stereocenters. The second-order valence-electron chi connectivity index (χ2n) is 5.66. The van der Waals surface area contributed by atoms with Crippen LogP contribution in [-0.4, -0.2) is 44.2 Å². The minimum absolute atomic E-state index is 0.475. The van der Waals surface area contributed by atoms with Crippen LogP contribution in [0.25, 0.3) is 0 Å². The first-order chi connectivity index (χ1) is 8.79. The minimum Gasteiger partial charge on any atom is -0.329 e. The number of piperidine rings is 1. The minimum atomic E-state index is 0.475. The smallest absolute Gasteiger partial charge is 0.165 e. The Labute approximate surface area is 108 Å². The van der Waals surface area contributed by atoms with Crippen LogP contribution in [-0.2, 0) is 6.54 Å². The van der Waals surface area contributed by atoms with Crippen LogP contribution >= 0.6 is 0 Å². The van der Waals surface area contributed by atoms with Gasteiger partial charge >= 0.3 is 0 Å². The van der Waals surface area contributed by atoms with Gasteiger partial charge in [-0.2, -0.15) is 0 Å². The van der Waals surface area contributed by atoms with Crippen LogP contribution in [0, 0.1) is 5.92 Å². The van der Waals surface area contributed by atoms with Crippen molar-refractivity contribution >= 4 is 0 Å². The molecule has 0 radical (unpaired) electrons. The van der Waals surface area contributed by atoms with E-state index in [0.717, 1.165) is 25.5 Å². The fraction of sp³-hybridized carbons (Fsp3) is 0.917. The summed E-state index contributed by atoms with van der Waals surface area (Å²) in [6, 6.07) is 1.02. The lowest BCUT2D eigenvalue weighted by Crippen LogP contribution is -2.48. The standard InChI is InChI=1S/C12H22N6/c1-9-3-2-6-17(11(9)7-13)8-12-14-15-16-18(12)10-4-5-10/h9-11H,2-8,13H2,1H3. The van der Waals surface area contributed by atoms with Gasteiger partial charge in [-0.25, -0.2) is 4.68 Å². The maximum atomic E-state index is 5.92. The second-order valence-corrected chi connectivity index (χ2v) is 5.66. The lowest BCUT2D eigenvalue weighted by molar-refractivity contribution is 0.0946. The molecule has 6 nitrogen and oxygen atoms in total. The summed E-state index contributed by atoms with van der Waals surface area (Å²) in [5, 5.41) is 12.1. The fourth-order valence-corrected chi connectivity index (χ4v) is 3.01. The van der Waals surface area contributed by atoms with Crippen molar-refractivity contribution in [2.75, 3.05) is 13.1 Å². The molecule has 0 bridgehead atoms. The Kier molecular flexibility index (Phi) is 3.30. The number of hydrogen-bond acceptors (Lipinski definition) is 5. The molecule has 2 heterocycles. The topological polar surface area (TPSA) is 72.9 Å². The molecule has 1 aliphatic carbocycles. The summed E-state index contributed by atoms with van der Waals surface area (Å²) >= 11 is 0. The maximum Gasteiger partial charge on any atom is 0.165 e. The molecule has 1 aromatic rings. The average Bonchev–Trinajstić information content (AvgIpc) is 3.11. The molecule has 2 fully saturated rings. The van der Waals surface area contributed by atoms with Crippen LogP contribution in [0.1, 0.15) is 44.5 Å². The number of nitrogens with two attached hydrogens (primary N) is 1. The second kappa shape index (κ2) is 4.93. The molecule has 2 unspecified atom stereocenters. The summed E-state index contributed by atoms with van der Waals surface area (Å²) in [5.74, 6) is 1.68. The summed E-state index contributed by atoms with van der Waals surface area (Å²) in [4.78, 5) is 2.46. The highest BCUT2D eigenvalue weighted by atomic mass is 15.6. The van der Waals surface area contributed by atoms with E-state index in [9.17, 15) is 0 Å².